The fourth-order valence-electron chi connectivity index (χ4n) is 2.79. The van der Waals surface area contributed by atoms with Crippen LogP contribution in [0.1, 0.15) is 38.2 Å². The number of hydrogen-bond donors (Lipinski definition) is 2. The van der Waals surface area contributed by atoms with Crippen molar-refractivity contribution in [3.63, 3.8) is 0 Å². The fourth-order valence-corrected chi connectivity index (χ4v) is 2.79. The standard InChI is InChI=1S/C15H23NO2/c1-3-16-13-7-9-15(17,10-8-13)12-5-4-6-14(11-12)18-2/h4-6,11,13,16-17H,3,7-10H2,1-2H3. The van der Waals surface area contributed by atoms with Gasteiger partial charge in [-0.3, -0.25) is 0 Å². The molecule has 0 spiro atoms. The molecule has 18 heavy (non-hydrogen) atoms. The molecule has 0 amide bonds. The highest BCUT2D eigenvalue weighted by Gasteiger charge is 2.34. The molecule has 100 valence electrons. The molecular weight excluding hydrogens is 226 g/mol. The molecule has 2 rings (SSSR count). The Kier molecular flexibility index (Phi) is 4.25. The Morgan fingerprint density at radius 2 is 2.11 bits per heavy atom. The van der Waals surface area contributed by atoms with Crippen LogP contribution in [0.25, 0.3) is 0 Å². The zero-order valence-electron chi connectivity index (χ0n) is 11.3. The lowest BCUT2D eigenvalue weighted by atomic mass is 9.77. The van der Waals surface area contributed by atoms with Gasteiger partial charge < -0.3 is 15.2 Å². The van der Waals surface area contributed by atoms with Crippen molar-refractivity contribution in [1.82, 2.24) is 5.32 Å². The largest absolute Gasteiger partial charge is 0.497 e. The molecule has 1 aromatic rings. The Morgan fingerprint density at radius 1 is 1.39 bits per heavy atom. The van der Waals surface area contributed by atoms with Crippen molar-refractivity contribution in [2.24, 2.45) is 0 Å². The zero-order chi connectivity index (χ0) is 13.0. The zero-order valence-corrected chi connectivity index (χ0v) is 11.3. The number of nitrogens with one attached hydrogen (secondary N) is 1. The summed E-state index contributed by atoms with van der Waals surface area (Å²) in [6, 6.07) is 8.37. The summed E-state index contributed by atoms with van der Waals surface area (Å²) in [4.78, 5) is 0. The molecule has 0 heterocycles. The SMILES string of the molecule is CCNC1CCC(O)(c2cccc(OC)c2)CC1. The van der Waals surface area contributed by atoms with Gasteiger partial charge in [-0.05, 0) is 49.9 Å². The van der Waals surface area contributed by atoms with Crippen LogP contribution in [0.4, 0.5) is 0 Å². The third-order valence-corrected chi connectivity index (χ3v) is 3.91. The monoisotopic (exact) mass is 249 g/mol. The highest BCUT2D eigenvalue weighted by Crippen LogP contribution is 2.38. The van der Waals surface area contributed by atoms with Crippen LogP contribution in [-0.4, -0.2) is 24.8 Å². The van der Waals surface area contributed by atoms with Gasteiger partial charge in [-0.15, -0.1) is 0 Å². The van der Waals surface area contributed by atoms with Gasteiger partial charge >= 0.3 is 0 Å². The molecule has 0 aliphatic heterocycles. The topological polar surface area (TPSA) is 41.5 Å². The average Bonchev–Trinajstić information content (AvgIpc) is 2.42. The van der Waals surface area contributed by atoms with Gasteiger partial charge in [-0.2, -0.15) is 0 Å². The molecule has 0 bridgehead atoms. The predicted octanol–water partition coefficient (Wildman–Crippen LogP) is 2.43. The predicted molar refractivity (Wildman–Crippen MR) is 72.8 cm³/mol. The molecule has 1 aliphatic carbocycles. The number of aliphatic hydroxyl groups is 1. The quantitative estimate of drug-likeness (QED) is 0.861. The van der Waals surface area contributed by atoms with E-state index in [9.17, 15) is 5.11 Å². The first-order chi connectivity index (χ1) is 8.68. The summed E-state index contributed by atoms with van der Waals surface area (Å²) < 4.78 is 5.23. The van der Waals surface area contributed by atoms with Crippen molar-refractivity contribution >= 4 is 0 Å². The van der Waals surface area contributed by atoms with E-state index in [4.69, 9.17) is 4.74 Å². The van der Waals surface area contributed by atoms with Crippen molar-refractivity contribution in [1.29, 1.82) is 0 Å². The van der Waals surface area contributed by atoms with E-state index in [1.807, 2.05) is 24.3 Å². The summed E-state index contributed by atoms with van der Waals surface area (Å²) in [5.74, 6) is 0.815. The summed E-state index contributed by atoms with van der Waals surface area (Å²) in [6.07, 6.45) is 3.69. The summed E-state index contributed by atoms with van der Waals surface area (Å²) in [5.41, 5.74) is 0.303. The molecular formula is C15H23NO2. The normalized spacial score (nSPS) is 28.1. The first-order valence-corrected chi connectivity index (χ1v) is 6.78. The number of rotatable bonds is 4. The summed E-state index contributed by atoms with van der Waals surface area (Å²) in [6.45, 7) is 3.13. The van der Waals surface area contributed by atoms with E-state index < -0.39 is 5.60 Å². The molecule has 2 N–H and O–H groups in total. The molecule has 0 saturated heterocycles. The third kappa shape index (κ3) is 2.85. The molecule has 3 heteroatoms. The maximum Gasteiger partial charge on any atom is 0.119 e. The fraction of sp³-hybridized carbons (Fsp3) is 0.600. The van der Waals surface area contributed by atoms with Crippen LogP contribution in [0, 0.1) is 0 Å². The Morgan fingerprint density at radius 3 is 2.72 bits per heavy atom. The smallest absolute Gasteiger partial charge is 0.119 e. The van der Waals surface area contributed by atoms with E-state index in [1.54, 1.807) is 7.11 Å². The molecule has 1 aromatic carbocycles. The average molecular weight is 249 g/mol. The minimum atomic E-state index is -0.680. The second kappa shape index (κ2) is 5.72. The lowest BCUT2D eigenvalue weighted by Gasteiger charge is -2.36. The minimum absolute atomic E-state index is 0.556. The Balaban J connectivity index is 2.08. The van der Waals surface area contributed by atoms with E-state index >= 15 is 0 Å². The molecule has 1 aliphatic rings. The van der Waals surface area contributed by atoms with Gasteiger partial charge in [-0.1, -0.05) is 19.1 Å². The van der Waals surface area contributed by atoms with Gasteiger partial charge in [0.05, 0.1) is 12.7 Å². The highest BCUT2D eigenvalue weighted by molar-refractivity contribution is 5.32. The van der Waals surface area contributed by atoms with E-state index in [-0.39, 0.29) is 0 Å². The molecule has 0 aromatic heterocycles. The number of benzene rings is 1. The van der Waals surface area contributed by atoms with Crippen LogP contribution < -0.4 is 10.1 Å². The Bertz CT molecular complexity index is 384. The lowest BCUT2D eigenvalue weighted by Crippen LogP contribution is -2.39. The molecule has 1 fully saturated rings. The van der Waals surface area contributed by atoms with Gasteiger partial charge in [0.25, 0.3) is 0 Å². The van der Waals surface area contributed by atoms with Gasteiger partial charge in [-0.25, -0.2) is 0 Å². The van der Waals surface area contributed by atoms with Gasteiger partial charge in [0.2, 0.25) is 0 Å². The van der Waals surface area contributed by atoms with Crippen LogP contribution in [0.3, 0.4) is 0 Å². The number of hydrogen-bond acceptors (Lipinski definition) is 3. The van der Waals surface area contributed by atoms with E-state index in [0.717, 1.165) is 43.5 Å². The van der Waals surface area contributed by atoms with E-state index in [0.29, 0.717) is 6.04 Å². The summed E-state index contributed by atoms with van der Waals surface area (Å²) in [7, 11) is 1.66. The van der Waals surface area contributed by atoms with Crippen LogP contribution >= 0.6 is 0 Å². The summed E-state index contributed by atoms with van der Waals surface area (Å²) in [5, 5.41) is 14.2. The first-order valence-electron chi connectivity index (χ1n) is 6.78. The van der Waals surface area contributed by atoms with Crippen molar-refractivity contribution < 1.29 is 9.84 Å². The van der Waals surface area contributed by atoms with Crippen LogP contribution in [0.15, 0.2) is 24.3 Å². The van der Waals surface area contributed by atoms with Crippen molar-refractivity contribution in [2.45, 2.75) is 44.2 Å². The van der Waals surface area contributed by atoms with E-state index in [2.05, 4.69) is 12.2 Å². The number of ether oxygens (including phenoxy) is 1. The van der Waals surface area contributed by atoms with Crippen molar-refractivity contribution in [3.8, 4) is 5.75 Å². The minimum Gasteiger partial charge on any atom is -0.497 e. The second-order valence-electron chi connectivity index (χ2n) is 5.10. The molecule has 0 unspecified atom stereocenters. The van der Waals surface area contributed by atoms with Gasteiger partial charge in [0.15, 0.2) is 0 Å². The Hall–Kier alpha value is -1.06. The van der Waals surface area contributed by atoms with Crippen LogP contribution in [-0.2, 0) is 5.60 Å². The maximum absolute atomic E-state index is 10.8. The van der Waals surface area contributed by atoms with Gasteiger partial charge in [0, 0.05) is 6.04 Å². The van der Waals surface area contributed by atoms with Crippen molar-refractivity contribution in [3.05, 3.63) is 29.8 Å². The van der Waals surface area contributed by atoms with Crippen LogP contribution in [0.2, 0.25) is 0 Å². The van der Waals surface area contributed by atoms with Crippen LogP contribution in [0.5, 0.6) is 5.75 Å². The first kappa shape index (κ1) is 13.4. The molecule has 1 saturated carbocycles. The molecule has 3 nitrogen and oxygen atoms in total. The maximum atomic E-state index is 10.8. The van der Waals surface area contributed by atoms with Crippen molar-refractivity contribution in [2.75, 3.05) is 13.7 Å². The van der Waals surface area contributed by atoms with Gasteiger partial charge in [0.1, 0.15) is 5.75 Å². The molecule has 0 atom stereocenters. The third-order valence-electron chi connectivity index (χ3n) is 3.91. The summed E-state index contributed by atoms with van der Waals surface area (Å²) >= 11 is 0. The molecule has 0 radical (unpaired) electrons. The lowest BCUT2D eigenvalue weighted by molar-refractivity contribution is -0.00830. The Labute approximate surface area is 109 Å². The number of methoxy groups -OCH3 is 1. The van der Waals surface area contributed by atoms with E-state index in [1.165, 1.54) is 0 Å². The highest BCUT2D eigenvalue weighted by atomic mass is 16.5. The second-order valence-corrected chi connectivity index (χ2v) is 5.10.